The number of carbonyl (C=O) groups excluding carboxylic acids is 1. The molecular weight excluding hydrogens is 366 g/mol. The standard InChI is InChI=1S/C24H25NO4/c1-24(2,3)29-23(28)25-21(22(26)27)14-16-8-10-18(11-9-16)20-13-12-17-6-4-5-7-19(17)15-20/h4-13,15,21H,14H2,1-3H3,(H,25,28)(H,26,27)/t21-/m0/s1. The molecule has 1 amide bonds. The van der Waals surface area contributed by atoms with E-state index in [2.05, 4.69) is 35.6 Å². The SMILES string of the molecule is CC(C)(C)OC(=O)N[C@@H](Cc1ccc(-c2ccc3ccccc3c2)cc1)C(=O)O. The molecule has 0 aliphatic rings. The van der Waals surface area contributed by atoms with Crippen molar-refractivity contribution in [1.29, 1.82) is 0 Å². The third-order valence-corrected chi connectivity index (χ3v) is 4.47. The van der Waals surface area contributed by atoms with Crippen molar-refractivity contribution in [2.45, 2.75) is 38.8 Å². The molecule has 5 heteroatoms. The molecule has 150 valence electrons. The molecule has 3 aromatic carbocycles. The lowest BCUT2D eigenvalue weighted by atomic mass is 9.98. The summed E-state index contributed by atoms with van der Waals surface area (Å²) < 4.78 is 5.15. The maximum absolute atomic E-state index is 11.9. The molecule has 0 heterocycles. The predicted octanol–water partition coefficient (Wildman–Crippen LogP) is 5.03. The minimum absolute atomic E-state index is 0.173. The van der Waals surface area contributed by atoms with E-state index in [1.807, 2.05) is 36.4 Å². The van der Waals surface area contributed by atoms with Crippen molar-refractivity contribution in [2.75, 3.05) is 0 Å². The highest BCUT2D eigenvalue weighted by atomic mass is 16.6. The van der Waals surface area contributed by atoms with Crippen LogP contribution in [0.2, 0.25) is 0 Å². The summed E-state index contributed by atoms with van der Waals surface area (Å²) in [6, 6.07) is 21.1. The number of hydrogen-bond acceptors (Lipinski definition) is 3. The molecule has 0 bridgehead atoms. The number of fused-ring (bicyclic) bond motifs is 1. The maximum atomic E-state index is 11.9. The van der Waals surface area contributed by atoms with Gasteiger partial charge >= 0.3 is 12.1 Å². The molecule has 0 unspecified atom stereocenters. The average Bonchev–Trinajstić information content (AvgIpc) is 2.66. The van der Waals surface area contributed by atoms with E-state index in [1.165, 1.54) is 10.8 Å². The Balaban J connectivity index is 1.72. The third kappa shape index (κ3) is 5.57. The van der Waals surface area contributed by atoms with Gasteiger partial charge in [-0.2, -0.15) is 0 Å². The summed E-state index contributed by atoms with van der Waals surface area (Å²) in [6.45, 7) is 5.19. The summed E-state index contributed by atoms with van der Waals surface area (Å²) in [5.41, 5.74) is 2.27. The molecule has 0 saturated carbocycles. The van der Waals surface area contributed by atoms with Crippen molar-refractivity contribution in [3.63, 3.8) is 0 Å². The lowest BCUT2D eigenvalue weighted by Gasteiger charge is -2.22. The van der Waals surface area contributed by atoms with Crippen LogP contribution in [0.4, 0.5) is 4.79 Å². The van der Waals surface area contributed by atoms with Gasteiger partial charge < -0.3 is 15.2 Å². The molecule has 3 rings (SSSR count). The molecule has 0 fully saturated rings. The minimum atomic E-state index is -1.10. The Bertz CT molecular complexity index is 1020. The minimum Gasteiger partial charge on any atom is -0.480 e. The summed E-state index contributed by atoms with van der Waals surface area (Å²) in [5.74, 6) is -1.10. The third-order valence-electron chi connectivity index (χ3n) is 4.47. The van der Waals surface area contributed by atoms with Crippen LogP contribution in [0.25, 0.3) is 21.9 Å². The fourth-order valence-electron chi connectivity index (χ4n) is 3.09. The Kier molecular flexibility index (Phi) is 5.87. The number of carbonyl (C=O) groups is 2. The van der Waals surface area contributed by atoms with Crippen LogP contribution >= 0.6 is 0 Å². The number of nitrogens with one attached hydrogen (secondary N) is 1. The summed E-state index contributed by atoms with van der Waals surface area (Å²) in [7, 11) is 0. The van der Waals surface area contributed by atoms with Crippen LogP contribution in [-0.4, -0.2) is 28.8 Å². The second kappa shape index (κ2) is 8.35. The maximum Gasteiger partial charge on any atom is 0.408 e. The molecule has 0 aromatic heterocycles. The average molecular weight is 391 g/mol. The summed E-state index contributed by atoms with van der Waals surface area (Å²) in [4.78, 5) is 23.5. The van der Waals surface area contributed by atoms with E-state index in [1.54, 1.807) is 20.8 Å². The highest BCUT2D eigenvalue weighted by Gasteiger charge is 2.24. The lowest BCUT2D eigenvalue weighted by Crippen LogP contribution is -2.44. The smallest absolute Gasteiger partial charge is 0.408 e. The van der Waals surface area contributed by atoms with Gasteiger partial charge in [0.15, 0.2) is 0 Å². The van der Waals surface area contributed by atoms with Crippen LogP contribution in [0.1, 0.15) is 26.3 Å². The second-order valence-electron chi connectivity index (χ2n) is 8.00. The van der Waals surface area contributed by atoms with E-state index >= 15 is 0 Å². The molecule has 0 spiro atoms. The Morgan fingerprint density at radius 1 is 0.931 bits per heavy atom. The highest BCUT2D eigenvalue weighted by Crippen LogP contribution is 2.25. The van der Waals surface area contributed by atoms with Gasteiger partial charge in [0.05, 0.1) is 0 Å². The van der Waals surface area contributed by atoms with E-state index in [0.29, 0.717) is 0 Å². The zero-order valence-corrected chi connectivity index (χ0v) is 16.8. The van der Waals surface area contributed by atoms with Crippen LogP contribution in [0, 0.1) is 0 Å². The molecule has 3 aromatic rings. The van der Waals surface area contributed by atoms with Gasteiger partial charge in [0.1, 0.15) is 11.6 Å². The van der Waals surface area contributed by atoms with E-state index in [0.717, 1.165) is 16.7 Å². The number of ether oxygens (including phenoxy) is 1. The molecule has 0 saturated heterocycles. The molecule has 0 radical (unpaired) electrons. The first-order valence-electron chi connectivity index (χ1n) is 9.52. The van der Waals surface area contributed by atoms with Crippen molar-refractivity contribution >= 4 is 22.8 Å². The van der Waals surface area contributed by atoms with E-state index in [4.69, 9.17) is 4.74 Å². The lowest BCUT2D eigenvalue weighted by molar-refractivity contribution is -0.139. The normalized spacial score (nSPS) is 12.4. The molecule has 5 nitrogen and oxygen atoms in total. The predicted molar refractivity (Wildman–Crippen MR) is 114 cm³/mol. The van der Waals surface area contributed by atoms with Crippen molar-refractivity contribution in [2.24, 2.45) is 0 Å². The first-order valence-corrected chi connectivity index (χ1v) is 9.52. The molecule has 1 atom stereocenters. The van der Waals surface area contributed by atoms with Gasteiger partial charge in [0.25, 0.3) is 0 Å². The van der Waals surface area contributed by atoms with E-state index < -0.39 is 23.7 Å². The van der Waals surface area contributed by atoms with Gasteiger partial charge in [-0.15, -0.1) is 0 Å². The van der Waals surface area contributed by atoms with Gasteiger partial charge in [-0.25, -0.2) is 9.59 Å². The number of carboxylic acid groups (broad SMARTS) is 1. The van der Waals surface area contributed by atoms with Crippen LogP contribution < -0.4 is 5.32 Å². The molecule has 29 heavy (non-hydrogen) atoms. The van der Waals surface area contributed by atoms with Gasteiger partial charge in [-0.05, 0) is 54.3 Å². The Labute approximate surface area is 170 Å². The van der Waals surface area contributed by atoms with Gasteiger partial charge in [-0.1, -0.05) is 60.7 Å². The van der Waals surface area contributed by atoms with Crippen LogP contribution in [-0.2, 0) is 16.0 Å². The van der Waals surface area contributed by atoms with Crippen molar-refractivity contribution < 1.29 is 19.4 Å². The van der Waals surface area contributed by atoms with E-state index in [9.17, 15) is 14.7 Å². The fourth-order valence-corrected chi connectivity index (χ4v) is 3.09. The van der Waals surface area contributed by atoms with Crippen LogP contribution in [0.3, 0.4) is 0 Å². The quantitative estimate of drug-likeness (QED) is 0.640. The first kappa shape index (κ1) is 20.4. The molecular formula is C24H25NO4. The highest BCUT2D eigenvalue weighted by molar-refractivity contribution is 5.87. The molecule has 0 aliphatic carbocycles. The topological polar surface area (TPSA) is 75.6 Å². The van der Waals surface area contributed by atoms with Crippen molar-refractivity contribution in [3.05, 3.63) is 72.3 Å². The summed E-state index contributed by atoms with van der Waals surface area (Å²) >= 11 is 0. The summed E-state index contributed by atoms with van der Waals surface area (Å²) in [5, 5.41) is 14.2. The first-order chi connectivity index (χ1) is 13.7. The zero-order valence-electron chi connectivity index (χ0n) is 16.8. The summed E-state index contributed by atoms with van der Waals surface area (Å²) in [6.07, 6.45) is -0.565. The Morgan fingerprint density at radius 3 is 2.17 bits per heavy atom. The monoisotopic (exact) mass is 391 g/mol. The van der Waals surface area contributed by atoms with Gasteiger partial charge in [0.2, 0.25) is 0 Å². The van der Waals surface area contributed by atoms with E-state index in [-0.39, 0.29) is 6.42 Å². The number of rotatable bonds is 5. The number of aliphatic carboxylic acids is 1. The number of amides is 1. The number of alkyl carbamates (subject to hydrolysis) is 1. The largest absolute Gasteiger partial charge is 0.480 e. The fraction of sp³-hybridized carbons (Fsp3) is 0.250. The number of benzene rings is 3. The van der Waals surface area contributed by atoms with Crippen LogP contribution in [0.5, 0.6) is 0 Å². The number of carboxylic acids is 1. The number of hydrogen-bond donors (Lipinski definition) is 2. The second-order valence-corrected chi connectivity index (χ2v) is 8.00. The van der Waals surface area contributed by atoms with Crippen LogP contribution in [0.15, 0.2) is 66.7 Å². The van der Waals surface area contributed by atoms with Gasteiger partial charge in [0, 0.05) is 6.42 Å². The zero-order chi connectivity index (χ0) is 21.0. The Hall–Kier alpha value is -3.34. The molecule has 2 N–H and O–H groups in total. The Morgan fingerprint density at radius 2 is 1.55 bits per heavy atom. The van der Waals surface area contributed by atoms with Crippen molar-refractivity contribution in [1.82, 2.24) is 5.32 Å². The molecule has 0 aliphatic heterocycles. The van der Waals surface area contributed by atoms with Crippen molar-refractivity contribution in [3.8, 4) is 11.1 Å². The van der Waals surface area contributed by atoms with Gasteiger partial charge in [-0.3, -0.25) is 0 Å².